The molecular weight excluding hydrogens is 421 g/mol. The number of anilines is 1. The molecule has 2 atom stereocenters. The smallest absolute Gasteiger partial charge is 0.254 e. The van der Waals surface area contributed by atoms with E-state index in [0.29, 0.717) is 18.7 Å². The van der Waals surface area contributed by atoms with Crippen LogP contribution in [-0.2, 0) is 4.74 Å². The Morgan fingerprint density at radius 3 is 2.21 bits per heavy atom. The molecule has 0 unspecified atom stereocenters. The van der Waals surface area contributed by atoms with Gasteiger partial charge in [0.25, 0.3) is 11.8 Å². The van der Waals surface area contributed by atoms with E-state index in [2.05, 4.69) is 4.90 Å². The number of hydrogen-bond donors (Lipinski definition) is 0. The number of carbonyl (C=O) groups is 2. The summed E-state index contributed by atoms with van der Waals surface area (Å²) < 4.78 is 18.6. The van der Waals surface area contributed by atoms with Gasteiger partial charge in [0.1, 0.15) is 5.82 Å². The third-order valence-electron chi connectivity index (χ3n) is 7.20. The van der Waals surface area contributed by atoms with Crippen LogP contribution in [-0.4, -0.2) is 73.6 Å². The molecule has 0 N–H and O–H groups in total. The molecule has 3 aliphatic heterocycles. The number of piperidine rings is 2. The van der Waals surface area contributed by atoms with Crippen LogP contribution in [0.4, 0.5) is 10.1 Å². The van der Waals surface area contributed by atoms with E-state index in [4.69, 9.17) is 4.74 Å². The summed E-state index contributed by atoms with van der Waals surface area (Å²) in [6.07, 6.45) is 2.73. The third-order valence-corrected chi connectivity index (χ3v) is 7.20. The van der Waals surface area contributed by atoms with Gasteiger partial charge in [0.05, 0.1) is 13.2 Å². The summed E-state index contributed by atoms with van der Waals surface area (Å²) in [6.45, 7) is 5.22. The van der Waals surface area contributed by atoms with Crippen molar-refractivity contribution < 1.29 is 18.7 Å². The van der Waals surface area contributed by atoms with E-state index in [1.54, 1.807) is 12.1 Å². The van der Waals surface area contributed by atoms with E-state index < -0.39 is 0 Å². The average molecular weight is 452 g/mol. The Hall–Kier alpha value is -2.93. The number of likely N-dealkylation sites (tertiary alicyclic amines) is 2. The number of morpholine rings is 1. The van der Waals surface area contributed by atoms with Gasteiger partial charge < -0.3 is 19.4 Å². The van der Waals surface area contributed by atoms with Crippen molar-refractivity contribution in [2.24, 2.45) is 5.92 Å². The summed E-state index contributed by atoms with van der Waals surface area (Å²) in [5.74, 6) is -0.0507. The van der Waals surface area contributed by atoms with Gasteiger partial charge in [-0.1, -0.05) is 0 Å². The monoisotopic (exact) mass is 451 g/mol. The number of fused-ring (bicyclic) bond motifs is 1. The number of hydrogen-bond acceptors (Lipinski definition) is 4. The van der Waals surface area contributed by atoms with Crippen LogP contribution in [0.5, 0.6) is 0 Å². The van der Waals surface area contributed by atoms with Crippen LogP contribution in [0, 0.1) is 11.7 Å². The van der Waals surface area contributed by atoms with Gasteiger partial charge >= 0.3 is 0 Å². The molecule has 0 aromatic heterocycles. The van der Waals surface area contributed by atoms with Crippen molar-refractivity contribution in [1.29, 1.82) is 0 Å². The molecule has 5 rings (SSSR count). The van der Waals surface area contributed by atoms with Gasteiger partial charge in [-0.05, 0) is 73.7 Å². The van der Waals surface area contributed by atoms with Crippen molar-refractivity contribution in [3.05, 3.63) is 65.5 Å². The van der Waals surface area contributed by atoms with E-state index in [1.165, 1.54) is 12.1 Å². The molecule has 33 heavy (non-hydrogen) atoms. The van der Waals surface area contributed by atoms with Gasteiger partial charge in [0.2, 0.25) is 0 Å². The van der Waals surface area contributed by atoms with Crippen molar-refractivity contribution in [2.75, 3.05) is 50.8 Å². The van der Waals surface area contributed by atoms with Gasteiger partial charge in [-0.3, -0.25) is 9.59 Å². The fourth-order valence-corrected chi connectivity index (χ4v) is 5.42. The predicted octanol–water partition coefficient (Wildman–Crippen LogP) is 3.43. The van der Waals surface area contributed by atoms with Gasteiger partial charge in [-0.15, -0.1) is 0 Å². The lowest BCUT2D eigenvalue weighted by molar-refractivity contribution is 0.0197. The van der Waals surface area contributed by atoms with Crippen LogP contribution in [0.25, 0.3) is 0 Å². The Kier molecular flexibility index (Phi) is 6.31. The first-order valence-electron chi connectivity index (χ1n) is 11.9. The van der Waals surface area contributed by atoms with Crippen molar-refractivity contribution in [3.8, 4) is 0 Å². The maximum Gasteiger partial charge on any atom is 0.254 e. The highest BCUT2D eigenvalue weighted by Gasteiger charge is 2.39. The maximum atomic E-state index is 13.4. The molecule has 2 aromatic rings. The third kappa shape index (κ3) is 4.60. The Morgan fingerprint density at radius 2 is 1.48 bits per heavy atom. The standard InChI is InChI=1S/C26H30FN3O3/c27-22-7-3-19(4-8-22)25(31)29-13-11-24-21(18-29)2-1-12-30(24)26(32)20-5-9-23(10-6-20)28-14-16-33-17-15-28/h3-10,21,24H,1-2,11-18H2/t21-,24+/m1/s1. The number of rotatable bonds is 3. The molecule has 3 fully saturated rings. The summed E-state index contributed by atoms with van der Waals surface area (Å²) in [7, 11) is 0. The lowest BCUT2D eigenvalue weighted by atomic mass is 9.83. The van der Waals surface area contributed by atoms with E-state index in [0.717, 1.165) is 63.4 Å². The molecule has 0 radical (unpaired) electrons. The van der Waals surface area contributed by atoms with Gasteiger partial charge in [-0.2, -0.15) is 0 Å². The number of nitrogens with zero attached hydrogens (tertiary/aromatic N) is 3. The minimum Gasteiger partial charge on any atom is -0.378 e. The molecule has 3 saturated heterocycles. The molecule has 2 amide bonds. The summed E-state index contributed by atoms with van der Waals surface area (Å²) in [5, 5.41) is 0. The van der Waals surface area contributed by atoms with Crippen LogP contribution in [0.3, 0.4) is 0 Å². The number of halogens is 1. The highest BCUT2D eigenvalue weighted by molar-refractivity contribution is 5.95. The van der Waals surface area contributed by atoms with Crippen molar-refractivity contribution in [1.82, 2.24) is 9.80 Å². The minimum absolute atomic E-state index is 0.0596. The number of carbonyl (C=O) groups excluding carboxylic acids is 2. The second kappa shape index (κ2) is 9.51. The SMILES string of the molecule is O=C(c1ccc(F)cc1)N1CC[C@H]2[C@H](CCCN2C(=O)c2ccc(N3CCOCC3)cc2)C1. The van der Waals surface area contributed by atoms with Crippen LogP contribution >= 0.6 is 0 Å². The van der Waals surface area contributed by atoms with Crippen LogP contribution in [0.15, 0.2) is 48.5 Å². The van der Waals surface area contributed by atoms with Crippen molar-refractivity contribution in [3.63, 3.8) is 0 Å². The molecular formula is C26H30FN3O3. The van der Waals surface area contributed by atoms with Crippen molar-refractivity contribution >= 4 is 17.5 Å². The fraction of sp³-hybridized carbons (Fsp3) is 0.462. The van der Waals surface area contributed by atoms with E-state index in [-0.39, 0.29) is 29.6 Å². The summed E-state index contributed by atoms with van der Waals surface area (Å²) in [6, 6.07) is 13.8. The molecule has 2 aromatic carbocycles. The normalized spacial score (nSPS) is 23.2. The zero-order valence-electron chi connectivity index (χ0n) is 18.8. The maximum absolute atomic E-state index is 13.4. The number of amides is 2. The molecule has 3 aliphatic rings. The minimum atomic E-state index is -0.343. The molecule has 0 aliphatic carbocycles. The molecule has 174 valence electrons. The first-order chi connectivity index (χ1) is 16.1. The first kappa shape index (κ1) is 21.9. The molecule has 7 heteroatoms. The zero-order chi connectivity index (χ0) is 22.8. The summed E-state index contributed by atoms with van der Waals surface area (Å²) in [5.41, 5.74) is 2.36. The fourth-order valence-electron chi connectivity index (χ4n) is 5.42. The van der Waals surface area contributed by atoms with Crippen molar-refractivity contribution in [2.45, 2.75) is 25.3 Å². The van der Waals surface area contributed by atoms with Gasteiger partial charge in [0.15, 0.2) is 0 Å². The number of benzene rings is 2. The lowest BCUT2D eigenvalue weighted by Crippen LogP contribution is -2.56. The van der Waals surface area contributed by atoms with Crippen LogP contribution < -0.4 is 4.90 Å². The van der Waals surface area contributed by atoms with E-state index in [1.807, 2.05) is 34.1 Å². The predicted molar refractivity (Wildman–Crippen MR) is 124 cm³/mol. The second-order valence-electron chi connectivity index (χ2n) is 9.16. The molecule has 0 spiro atoms. The Labute approximate surface area is 193 Å². The zero-order valence-corrected chi connectivity index (χ0v) is 18.8. The molecule has 0 bridgehead atoms. The van der Waals surface area contributed by atoms with E-state index in [9.17, 15) is 14.0 Å². The van der Waals surface area contributed by atoms with Crippen LogP contribution in [0.1, 0.15) is 40.0 Å². The summed E-state index contributed by atoms with van der Waals surface area (Å²) in [4.78, 5) is 32.4. The largest absolute Gasteiger partial charge is 0.378 e. The Morgan fingerprint density at radius 1 is 0.818 bits per heavy atom. The van der Waals surface area contributed by atoms with E-state index >= 15 is 0 Å². The topological polar surface area (TPSA) is 53.1 Å². The molecule has 6 nitrogen and oxygen atoms in total. The van der Waals surface area contributed by atoms with Crippen LogP contribution in [0.2, 0.25) is 0 Å². The average Bonchev–Trinajstić information content (AvgIpc) is 2.88. The summed E-state index contributed by atoms with van der Waals surface area (Å²) >= 11 is 0. The first-order valence-corrected chi connectivity index (χ1v) is 11.9. The highest BCUT2D eigenvalue weighted by atomic mass is 19.1. The highest BCUT2D eigenvalue weighted by Crippen LogP contribution is 2.32. The van der Waals surface area contributed by atoms with Gasteiger partial charge in [-0.25, -0.2) is 4.39 Å². The Bertz CT molecular complexity index is 989. The Balaban J connectivity index is 1.24. The van der Waals surface area contributed by atoms with Gasteiger partial charge in [0, 0.05) is 55.6 Å². The number of ether oxygens (including phenoxy) is 1. The second-order valence-corrected chi connectivity index (χ2v) is 9.16. The molecule has 0 saturated carbocycles. The quantitative estimate of drug-likeness (QED) is 0.718. The molecule has 3 heterocycles. The lowest BCUT2D eigenvalue weighted by Gasteiger charge is -2.47.